The highest BCUT2D eigenvalue weighted by Crippen LogP contribution is 2.16. The van der Waals surface area contributed by atoms with E-state index in [4.69, 9.17) is 4.74 Å². The Labute approximate surface area is 124 Å². The molecule has 0 saturated carbocycles. The lowest BCUT2D eigenvalue weighted by atomic mass is 10.1. The first-order chi connectivity index (χ1) is 9.54. The standard InChI is InChI=1S/C15H12BrNO3/c1-10(18)11-2-8-14(9-3-11)20-15(19)17-13-6-4-12(16)5-7-13/h2-9H,1H3,(H,17,19). The molecular weight excluding hydrogens is 322 g/mol. The molecule has 0 spiro atoms. The topological polar surface area (TPSA) is 55.4 Å². The van der Waals surface area contributed by atoms with E-state index in [0.717, 1.165) is 4.47 Å². The van der Waals surface area contributed by atoms with Crippen molar-refractivity contribution < 1.29 is 14.3 Å². The molecular formula is C15H12BrNO3. The summed E-state index contributed by atoms with van der Waals surface area (Å²) in [4.78, 5) is 22.8. The summed E-state index contributed by atoms with van der Waals surface area (Å²) >= 11 is 3.31. The van der Waals surface area contributed by atoms with Crippen LogP contribution in [0.5, 0.6) is 5.75 Å². The van der Waals surface area contributed by atoms with Crippen LogP contribution in [0.1, 0.15) is 17.3 Å². The molecule has 0 fully saturated rings. The fraction of sp³-hybridized carbons (Fsp3) is 0.0667. The molecule has 0 saturated heterocycles. The van der Waals surface area contributed by atoms with Crippen LogP contribution in [0.4, 0.5) is 10.5 Å². The predicted octanol–water partition coefficient (Wildman–Crippen LogP) is 4.26. The molecule has 0 bridgehead atoms. The number of anilines is 1. The molecule has 1 amide bonds. The fourth-order valence-corrected chi connectivity index (χ4v) is 1.81. The maximum Gasteiger partial charge on any atom is 0.417 e. The Morgan fingerprint density at radius 3 is 2.15 bits per heavy atom. The van der Waals surface area contributed by atoms with Crippen molar-refractivity contribution in [2.45, 2.75) is 6.92 Å². The average Bonchev–Trinajstić information content (AvgIpc) is 2.42. The van der Waals surface area contributed by atoms with Gasteiger partial charge in [-0.25, -0.2) is 4.79 Å². The van der Waals surface area contributed by atoms with Crippen LogP contribution in [0, 0.1) is 0 Å². The Kier molecular flexibility index (Phi) is 4.53. The van der Waals surface area contributed by atoms with Crippen molar-refractivity contribution in [1.82, 2.24) is 0 Å². The van der Waals surface area contributed by atoms with E-state index in [1.54, 1.807) is 36.4 Å². The highest BCUT2D eigenvalue weighted by atomic mass is 79.9. The summed E-state index contributed by atoms with van der Waals surface area (Å²) in [5.41, 5.74) is 1.21. The maximum atomic E-state index is 11.7. The van der Waals surface area contributed by atoms with Gasteiger partial charge in [0, 0.05) is 15.7 Å². The number of ether oxygens (including phenoxy) is 1. The van der Waals surface area contributed by atoms with E-state index >= 15 is 0 Å². The van der Waals surface area contributed by atoms with E-state index in [0.29, 0.717) is 17.0 Å². The Balaban J connectivity index is 1.97. The van der Waals surface area contributed by atoms with E-state index < -0.39 is 6.09 Å². The number of ketones is 1. The molecule has 4 nitrogen and oxygen atoms in total. The molecule has 20 heavy (non-hydrogen) atoms. The van der Waals surface area contributed by atoms with Gasteiger partial charge in [-0.15, -0.1) is 0 Å². The summed E-state index contributed by atoms with van der Waals surface area (Å²) in [5.74, 6) is 0.348. The summed E-state index contributed by atoms with van der Waals surface area (Å²) < 4.78 is 6.04. The van der Waals surface area contributed by atoms with Crippen molar-refractivity contribution >= 4 is 33.5 Å². The molecule has 5 heteroatoms. The van der Waals surface area contributed by atoms with Gasteiger partial charge in [0.05, 0.1) is 0 Å². The minimum Gasteiger partial charge on any atom is -0.410 e. The van der Waals surface area contributed by atoms with Crippen molar-refractivity contribution in [2.75, 3.05) is 5.32 Å². The minimum atomic E-state index is -0.581. The van der Waals surface area contributed by atoms with Crippen LogP contribution in [0.25, 0.3) is 0 Å². The summed E-state index contributed by atoms with van der Waals surface area (Å²) in [7, 11) is 0. The van der Waals surface area contributed by atoms with Crippen molar-refractivity contribution in [3.05, 3.63) is 58.6 Å². The highest BCUT2D eigenvalue weighted by Gasteiger charge is 2.06. The van der Waals surface area contributed by atoms with Crippen LogP contribution in [-0.2, 0) is 0 Å². The van der Waals surface area contributed by atoms with Gasteiger partial charge in [0.2, 0.25) is 0 Å². The quantitative estimate of drug-likeness (QED) is 0.853. The molecule has 1 N–H and O–H groups in total. The first kappa shape index (κ1) is 14.3. The molecule has 2 aromatic carbocycles. The van der Waals surface area contributed by atoms with Gasteiger partial charge in [-0.1, -0.05) is 15.9 Å². The highest BCUT2D eigenvalue weighted by molar-refractivity contribution is 9.10. The van der Waals surface area contributed by atoms with Crippen LogP contribution in [0.15, 0.2) is 53.0 Å². The Bertz CT molecular complexity index is 621. The average molecular weight is 334 g/mol. The minimum absolute atomic E-state index is 0.0316. The Morgan fingerprint density at radius 1 is 1.00 bits per heavy atom. The lowest BCUT2D eigenvalue weighted by molar-refractivity contribution is 0.101. The SMILES string of the molecule is CC(=O)c1ccc(OC(=O)Nc2ccc(Br)cc2)cc1. The molecule has 0 heterocycles. The molecule has 0 aliphatic heterocycles. The number of Topliss-reactive ketones (excluding diaryl/α,β-unsaturated/α-hetero) is 1. The lowest BCUT2D eigenvalue weighted by Gasteiger charge is -2.07. The fourth-order valence-electron chi connectivity index (χ4n) is 1.54. The second-order valence-corrected chi connectivity index (χ2v) is 5.02. The zero-order valence-corrected chi connectivity index (χ0v) is 12.3. The van der Waals surface area contributed by atoms with Crippen molar-refractivity contribution in [3.8, 4) is 5.75 Å². The van der Waals surface area contributed by atoms with Gasteiger partial charge in [0.15, 0.2) is 5.78 Å². The molecule has 2 rings (SSSR count). The maximum absolute atomic E-state index is 11.7. The van der Waals surface area contributed by atoms with Gasteiger partial charge >= 0.3 is 6.09 Å². The molecule has 0 atom stereocenters. The third-order valence-corrected chi connectivity index (χ3v) is 3.09. The molecule has 0 unspecified atom stereocenters. The van der Waals surface area contributed by atoms with Gasteiger partial charge in [-0.05, 0) is 55.5 Å². The number of amides is 1. The van der Waals surface area contributed by atoms with Crippen LogP contribution in [-0.4, -0.2) is 11.9 Å². The normalized spacial score (nSPS) is 9.90. The molecule has 0 aliphatic rings. The number of nitrogens with one attached hydrogen (secondary N) is 1. The van der Waals surface area contributed by atoms with Crippen molar-refractivity contribution in [3.63, 3.8) is 0 Å². The number of rotatable bonds is 3. The third kappa shape index (κ3) is 3.93. The van der Waals surface area contributed by atoms with Crippen molar-refractivity contribution in [2.24, 2.45) is 0 Å². The zero-order chi connectivity index (χ0) is 14.5. The summed E-state index contributed by atoms with van der Waals surface area (Å²) in [6.45, 7) is 1.48. The van der Waals surface area contributed by atoms with Crippen LogP contribution >= 0.6 is 15.9 Å². The number of hydrogen-bond acceptors (Lipinski definition) is 3. The summed E-state index contributed by atoms with van der Waals surface area (Å²) in [6.07, 6.45) is -0.581. The smallest absolute Gasteiger partial charge is 0.410 e. The number of carbonyl (C=O) groups excluding carboxylic acids is 2. The third-order valence-electron chi connectivity index (χ3n) is 2.56. The van der Waals surface area contributed by atoms with Crippen LogP contribution < -0.4 is 10.1 Å². The predicted molar refractivity (Wildman–Crippen MR) is 80.2 cm³/mol. The molecule has 2 aromatic rings. The van der Waals surface area contributed by atoms with Gasteiger partial charge in [-0.3, -0.25) is 10.1 Å². The number of halogens is 1. The molecule has 0 aliphatic carbocycles. The van der Waals surface area contributed by atoms with Crippen LogP contribution in [0.3, 0.4) is 0 Å². The van der Waals surface area contributed by atoms with E-state index in [1.165, 1.54) is 6.92 Å². The second-order valence-electron chi connectivity index (χ2n) is 4.10. The van der Waals surface area contributed by atoms with Gasteiger partial charge in [0.1, 0.15) is 5.75 Å². The Hall–Kier alpha value is -2.14. The van der Waals surface area contributed by atoms with Gasteiger partial charge in [0.25, 0.3) is 0 Å². The van der Waals surface area contributed by atoms with E-state index in [1.807, 2.05) is 12.1 Å². The number of benzene rings is 2. The van der Waals surface area contributed by atoms with E-state index in [9.17, 15) is 9.59 Å². The van der Waals surface area contributed by atoms with E-state index in [-0.39, 0.29) is 5.78 Å². The molecule has 0 aromatic heterocycles. The lowest BCUT2D eigenvalue weighted by Crippen LogP contribution is -2.16. The Morgan fingerprint density at radius 2 is 1.60 bits per heavy atom. The van der Waals surface area contributed by atoms with Gasteiger partial charge in [-0.2, -0.15) is 0 Å². The largest absolute Gasteiger partial charge is 0.417 e. The van der Waals surface area contributed by atoms with Gasteiger partial charge < -0.3 is 4.74 Å². The van der Waals surface area contributed by atoms with Crippen molar-refractivity contribution in [1.29, 1.82) is 0 Å². The first-order valence-electron chi connectivity index (χ1n) is 5.90. The monoisotopic (exact) mass is 333 g/mol. The van der Waals surface area contributed by atoms with E-state index in [2.05, 4.69) is 21.2 Å². The number of hydrogen-bond donors (Lipinski definition) is 1. The number of carbonyl (C=O) groups is 2. The summed E-state index contributed by atoms with van der Waals surface area (Å²) in [6, 6.07) is 13.5. The van der Waals surface area contributed by atoms with Crippen LogP contribution in [0.2, 0.25) is 0 Å². The molecule has 0 radical (unpaired) electrons. The summed E-state index contributed by atoms with van der Waals surface area (Å²) in [5, 5.41) is 2.61. The molecule has 102 valence electrons. The zero-order valence-electron chi connectivity index (χ0n) is 10.7. The second kappa shape index (κ2) is 6.34. The first-order valence-corrected chi connectivity index (χ1v) is 6.69.